The summed E-state index contributed by atoms with van der Waals surface area (Å²) < 4.78 is 2.02. The third-order valence-corrected chi connectivity index (χ3v) is 6.07. The number of carbonyl (C=O) groups excluding carboxylic acids is 1. The molecule has 1 aliphatic rings. The van der Waals surface area contributed by atoms with Gasteiger partial charge >= 0.3 is 0 Å². The molecule has 0 bridgehead atoms. The molecule has 0 saturated heterocycles. The average Bonchev–Trinajstić information content (AvgIpc) is 3.11. The third kappa shape index (κ3) is 5.36. The van der Waals surface area contributed by atoms with Gasteiger partial charge in [0.15, 0.2) is 5.16 Å². The summed E-state index contributed by atoms with van der Waals surface area (Å²) in [5.74, 6) is 1.17. The number of nitrogens with one attached hydrogen (secondary N) is 1. The van der Waals surface area contributed by atoms with Crippen LogP contribution in [0.2, 0.25) is 5.02 Å². The van der Waals surface area contributed by atoms with Gasteiger partial charge in [-0.2, -0.15) is 0 Å². The lowest BCUT2D eigenvalue weighted by Crippen LogP contribution is -2.15. The van der Waals surface area contributed by atoms with Crippen molar-refractivity contribution in [3.63, 3.8) is 0 Å². The van der Waals surface area contributed by atoms with Gasteiger partial charge < -0.3 is 9.88 Å². The van der Waals surface area contributed by atoms with E-state index in [-0.39, 0.29) is 22.4 Å². The molecule has 1 amide bonds. The molecule has 29 heavy (non-hydrogen) atoms. The molecular weight excluding hydrogens is 414 g/mol. The zero-order chi connectivity index (χ0) is 20.8. The zero-order valence-electron chi connectivity index (χ0n) is 15.8. The number of rotatable bonds is 8. The van der Waals surface area contributed by atoms with Crippen LogP contribution in [0.3, 0.4) is 0 Å². The van der Waals surface area contributed by atoms with Crippen molar-refractivity contribution in [2.24, 2.45) is 0 Å². The number of nitro groups is 1. The molecule has 1 aromatic carbocycles. The topological polar surface area (TPSA) is 103 Å². The maximum Gasteiger partial charge on any atom is 0.289 e. The van der Waals surface area contributed by atoms with Gasteiger partial charge in [-0.15, -0.1) is 16.8 Å². The first-order valence-corrected chi connectivity index (χ1v) is 10.8. The second-order valence-electron chi connectivity index (χ2n) is 6.84. The van der Waals surface area contributed by atoms with Crippen LogP contribution in [0, 0.1) is 10.1 Å². The normalized spacial score (nSPS) is 14.5. The van der Waals surface area contributed by atoms with Crippen LogP contribution >= 0.6 is 23.4 Å². The number of carbonyl (C=O) groups is 1. The summed E-state index contributed by atoms with van der Waals surface area (Å²) in [6, 6.07) is 4.16. The molecule has 1 N–H and O–H groups in total. The predicted octanol–water partition coefficient (Wildman–Crippen LogP) is 4.80. The monoisotopic (exact) mass is 435 g/mol. The van der Waals surface area contributed by atoms with Gasteiger partial charge in [-0.05, 0) is 25.0 Å². The minimum absolute atomic E-state index is 0.0233. The number of amides is 1. The second-order valence-corrected chi connectivity index (χ2v) is 8.18. The van der Waals surface area contributed by atoms with Gasteiger partial charge in [0.2, 0.25) is 5.91 Å². The summed E-state index contributed by atoms with van der Waals surface area (Å²) >= 11 is 7.08. The van der Waals surface area contributed by atoms with Gasteiger partial charge in [-0.3, -0.25) is 14.9 Å². The highest BCUT2D eigenvalue weighted by Crippen LogP contribution is 2.33. The number of nitrogens with zero attached hydrogens (tertiary/aromatic N) is 4. The Balaban J connectivity index is 1.65. The number of benzene rings is 1. The van der Waals surface area contributed by atoms with Crippen LogP contribution in [0.25, 0.3) is 0 Å². The van der Waals surface area contributed by atoms with E-state index in [0.29, 0.717) is 23.3 Å². The van der Waals surface area contributed by atoms with E-state index in [9.17, 15) is 14.9 Å². The van der Waals surface area contributed by atoms with E-state index < -0.39 is 4.92 Å². The van der Waals surface area contributed by atoms with Gasteiger partial charge in [-0.25, -0.2) is 0 Å². The Morgan fingerprint density at radius 3 is 2.83 bits per heavy atom. The number of hydrogen-bond acceptors (Lipinski definition) is 6. The molecule has 0 unspecified atom stereocenters. The van der Waals surface area contributed by atoms with Crippen molar-refractivity contribution in [1.29, 1.82) is 0 Å². The first-order chi connectivity index (χ1) is 14.0. The predicted molar refractivity (Wildman–Crippen MR) is 114 cm³/mol. The van der Waals surface area contributed by atoms with Crippen LogP contribution in [-0.2, 0) is 11.3 Å². The molecule has 1 heterocycles. The van der Waals surface area contributed by atoms with E-state index in [1.165, 1.54) is 49.2 Å². The average molecular weight is 436 g/mol. The molecule has 0 spiro atoms. The van der Waals surface area contributed by atoms with Crippen molar-refractivity contribution < 1.29 is 9.72 Å². The summed E-state index contributed by atoms with van der Waals surface area (Å²) in [5, 5.41) is 23.0. The minimum Gasteiger partial charge on any atom is -0.325 e. The first-order valence-electron chi connectivity index (χ1n) is 9.40. The van der Waals surface area contributed by atoms with Crippen molar-refractivity contribution in [3.8, 4) is 0 Å². The van der Waals surface area contributed by atoms with Gasteiger partial charge in [0, 0.05) is 24.2 Å². The van der Waals surface area contributed by atoms with Crippen molar-refractivity contribution >= 4 is 40.6 Å². The van der Waals surface area contributed by atoms with Crippen LogP contribution < -0.4 is 5.32 Å². The summed E-state index contributed by atoms with van der Waals surface area (Å²) in [6.07, 6.45) is 7.67. The molecule has 0 aliphatic heterocycles. The third-order valence-electron chi connectivity index (χ3n) is 4.79. The van der Waals surface area contributed by atoms with Gasteiger partial charge in [0.25, 0.3) is 5.69 Å². The van der Waals surface area contributed by atoms with Crippen molar-refractivity contribution in [2.45, 2.75) is 49.7 Å². The molecule has 2 aromatic rings. The minimum atomic E-state index is -0.586. The van der Waals surface area contributed by atoms with Crippen molar-refractivity contribution in [1.82, 2.24) is 14.8 Å². The fourth-order valence-corrected chi connectivity index (χ4v) is 4.37. The van der Waals surface area contributed by atoms with Crippen LogP contribution in [-0.4, -0.2) is 31.3 Å². The SMILES string of the molecule is C=CCn1c(SCC(=O)Nc2ccc(Cl)c([N+](=O)[O-])c2)nnc1C1CCCCC1. The van der Waals surface area contributed by atoms with E-state index in [1.54, 1.807) is 6.08 Å². The van der Waals surface area contributed by atoms with E-state index >= 15 is 0 Å². The molecule has 0 radical (unpaired) electrons. The molecule has 8 nitrogen and oxygen atoms in total. The molecule has 0 atom stereocenters. The van der Waals surface area contributed by atoms with E-state index in [0.717, 1.165) is 18.7 Å². The summed E-state index contributed by atoms with van der Waals surface area (Å²) in [6.45, 7) is 4.40. The molecule has 1 saturated carbocycles. The molecule has 154 valence electrons. The van der Waals surface area contributed by atoms with E-state index in [1.807, 2.05) is 4.57 Å². The molecule has 1 aliphatic carbocycles. The van der Waals surface area contributed by atoms with E-state index in [4.69, 9.17) is 11.6 Å². The van der Waals surface area contributed by atoms with Gasteiger partial charge in [-0.1, -0.05) is 48.7 Å². The van der Waals surface area contributed by atoms with Gasteiger partial charge in [0.05, 0.1) is 10.7 Å². The fourth-order valence-electron chi connectivity index (χ4n) is 3.43. The summed E-state index contributed by atoms with van der Waals surface area (Å²) in [5.41, 5.74) is 0.0714. The number of thioether (sulfide) groups is 1. The number of hydrogen-bond donors (Lipinski definition) is 1. The fraction of sp³-hybridized carbons (Fsp3) is 0.421. The number of nitro benzene ring substituents is 1. The Bertz CT molecular complexity index is 911. The zero-order valence-corrected chi connectivity index (χ0v) is 17.4. The lowest BCUT2D eigenvalue weighted by Gasteiger charge is -2.21. The Morgan fingerprint density at radius 1 is 1.38 bits per heavy atom. The maximum absolute atomic E-state index is 12.3. The number of anilines is 1. The summed E-state index contributed by atoms with van der Waals surface area (Å²) in [7, 11) is 0. The van der Waals surface area contributed by atoms with Crippen LogP contribution in [0.5, 0.6) is 0 Å². The summed E-state index contributed by atoms with van der Waals surface area (Å²) in [4.78, 5) is 22.7. The highest BCUT2D eigenvalue weighted by atomic mass is 35.5. The standard InChI is InChI=1S/C19H22ClN5O3S/c1-2-10-24-18(13-6-4-3-5-7-13)22-23-19(24)29-12-17(26)21-14-8-9-15(20)16(11-14)25(27)28/h2,8-9,11,13H,1,3-7,10,12H2,(H,21,26). The first kappa shape index (κ1) is 21.3. The molecule has 1 fully saturated rings. The highest BCUT2D eigenvalue weighted by Gasteiger charge is 2.23. The quantitative estimate of drug-likeness (QED) is 0.276. The Morgan fingerprint density at radius 2 is 2.14 bits per heavy atom. The van der Waals surface area contributed by atoms with Crippen molar-refractivity contribution in [2.75, 3.05) is 11.1 Å². The lowest BCUT2D eigenvalue weighted by molar-refractivity contribution is -0.384. The molecular formula is C19H22ClN5O3S. The largest absolute Gasteiger partial charge is 0.325 e. The Kier molecular flexibility index (Phi) is 7.27. The Hall–Kier alpha value is -2.39. The highest BCUT2D eigenvalue weighted by molar-refractivity contribution is 7.99. The lowest BCUT2D eigenvalue weighted by atomic mass is 9.89. The van der Waals surface area contributed by atoms with Crippen LogP contribution in [0.15, 0.2) is 36.0 Å². The van der Waals surface area contributed by atoms with Crippen LogP contribution in [0.4, 0.5) is 11.4 Å². The molecule has 1 aromatic heterocycles. The Labute approximate surface area is 177 Å². The van der Waals surface area contributed by atoms with Crippen molar-refractivity contribution in [3.05, 3.63) is 51.8 Å². The smallest absolute Gasteiger partial charge is 0.289 e. The number of allylic oxidation sites excluding steroid dienone is 1. The van der Waals surface area contributed by atoms with Gasteiger partial charge in [0.1, 0.15) is 10.8 Å². The van der Waals surface area contributed by atoms with E-state index in [2.05, 4.69) is 22.1 Å². The van der Waals surface area contributed by atoms with Crippen LogP contribution in [0.1, 0.15) is 43.8 Å². The second kappa shape index (κ2) is 9.89. The molecule has 10 heteroatoms. The number of halogens is 1. The molecule has 3 rings (SSSR count). The maximum atomic E-state index is 12.3. The number of aromatic nitrogens is 3.